The summed E-state index contributed by atoms with van der Waals surface area (Å²) in [5, 5.41) is 4.43. The molecule has 2 heterocycles. The number of nitrogens with zero attached hydrogens (tertiary/aromatic N) is 2. The Hall–Kier alpha value is -6.78. The summed E-state index contributed by atoms with van der Waals surface area (Å²) in [5.41, 5.74) is 11.6. The second-order valence-corrected chi connectivity index (χ2v) is 13.2. The molecule has 0 aliphatic rings. The molecular formula is C48H30F2N2. The maximum Gasteiger partial charge on any atom is 0.131 e. The molecule has 10 rings (SSSR count). The van der Waals surface area contributed by atoms with Crippen molar-refractivity contribution in [1.82, 2.24) is 9.13 Å². The van der Waals surface area contributed by atoms with Gasteiger partial charge in [0.05, 0.1) is 22.1 Å². The van der Waals surface area contributed by atoms with Crippen LogP contribution in [0.25, 0.3) is 88.4 Å². The third-order valence-electron chi connectivity index (χ3n) is 10.3. The molecule has 0 atom stereocenters. The molecule has 0 spiro atoms. The van der Waals surface area contributed by atoms with Crippen LogP contribution in [0, 0.1) is 11.6 Å². The van der Waals surface area contributed by atoms with E-state index in [4.69, 9.17) is 0 Å². The summed E-state index contributed by atoms with van der Waals surface area (Å²) in [7, 11) is 0. The van der Waals surface area contributed by atoms with Gasteiger partial charge in [0.25, 0.3) is 0 Å². The Bertz CT molecular complexity index is 2760. The average Bonchev–Trinajstić information content (AvgIpc) is 3.71. The van der Waals surface area contributed by atoms with Crippen LogP contribution in [0.2, 0.25) is 0 Å². The Kier molecular flexibility index (Phi) is 6.90. The monoisotopic (exact) mass is 672 g/mol. The molecule has 0 fully saturated rings. The van der Waals surface area contributed by atoms with E-state index in [1.807, 2.05) is 36.4 Å². The maximum absolute atomic E-state index is 14.7. The van der Waals surface area contributed by atoms with Crippen molar-refractivity contribution in [2.75, 3.05) is 0 Å². The zero-order valence-electron chi connectivity index (χ0n) is 28.0. The molecule has 246 valence electrons. The van der Waals surface area contributed by atoms with Gasteiger partial charge in [0.2, 0.25) is 0 Å². The third kappa shape index (κ3) is 4.76. The number of halogens is 2. The highest BCUT2D eigenvalue weighted by Crippen LogP contribution is 2.38. The first-order valence-electron chi connectivity index (χ1n) is 17.4. The highest BCUT2D eigenvalue weighted by atomic mass is 19.1. The third-order valence-corrected chi connectivity index (χ3v) is 10.3. The lowest BCUT2D eigenvalue weighted by Crippen LogP contribution is -1.95. The van der Waals surface area contributed by atoms with Gasteiger partial charge in [-0.2, -0.15) is 0 Å². The van der Waals surface area contributed by atoms with Crippen LogP contribution in [0.1, 0.15) is 0 Å². The number of fused-ring (bicyclic) bond motifs is 6. The number of hydrogen-bond donors (Lipinski definition) is 0. The molecule has 0 radical (unpaired) electrons. The van der Waals surface area contributed by atoms with E-state index >= 15 is 0 Å². The summed E-state index contributed by atoms with van der Waals surface area (Å²) in [6.07, 6.45) is 0. The average molecular weight is 673 g/mol. The van der Waals surface area contributed by atoms with Crippen molar-refractivity contribution in [2.45, 2.75) is 0 Å². The molecule has 0 amide bonds. The fourth-order valence-electron chi connectivity index (χ4n) is 7.83. The first-order chi connectivity index (χ1) is 25.6. The van der Waals surface area contributed by atoms with Crippen LogP contribution in [0.4, 0.5) is 8.78 Å². The molecule has 2 aromatic heterocycles. The molecular weight excluding hydrogens is 643 g/mol. The molecule has 2 nitrogen and oxygen atoms in total. The van der Waals surface area contributed by atoms with Crippen LogP contribution in [0.5, 0.6) is 0 Å². The lowest BCUT2D eigenvalue weighted by atomic mass is 10.0. The number of benzene rings is 8. The highest BCUT2D eigenvalue weighted by molar-refractivity contribution is 6.11. The van der Waals surface area contributed by atoms with Gasteiger partial charge < -0.3 is 9.13 Å². The lowest BCUT2D eigenvalue weighted by Gasteiger charge is -2.11. The minimum atomic E-state index is -0.223. The smallest absolute Gasteiger partial charge is 0.131 e. The minimum absolute atomic E-state index is 0.223. The van der Waals surface area contributed by atoms with E-state index in [9.17, 15) is 8.78 Å². The fraction of sp³-hybridized carbons (Fsp3) is 0. The topological polar surface area (TPSA) is 9.86 Å². The van der Waals surface area contributed by atoms with Gasteiger partial charge in [-0.15, -0.1) is 0 Å². The van der Waals surface area contributed by atoms with Crippen LogP contribution in [0.15, 0.2) is 182 Å². The number of rotatable bonds is 5. The lowest BCUT2D eigenvalue weighted by molar-refractivity contribution is 0.631. The molecule has 10 aromatic rings. The van der Waals surface area contributed by atoms with Crippen LogP contribution in [0.3, 0.4) is 0 Å². The molecule has 0 N–H and O–H groups in total. The summed E-state index contributed by atoms with van der Waals surface area (Å²) >= 11 is 0. The summed E-state index contributed by atoms with van der Waals surface area (Å²) in [5.74, 6) is -0.445. The normalized spacial score (nSPS) is 11.7. The van der Waals surface area contributed by atoms with Gasteiger partial charge in [-0.25, -0.2) is 8.78 Å². The Labute approximate surface area is 299 Å². The van der Waals surface area contributed by atoms with Crippen LogP contribution < -0.4 is 0 Å². The maximum atomic E-state index is 14.7. The molecule has 0 unspecified atom stereocenters. The van der Waals surface area contributed by atoms with Gasteiger partial charge in [-0.05, 0) is 95.1 Å². The van der Waals surface area contributed by atoms with E-state index < -0.39 is 0 Å². The summed E-state index contributed by atoms with van der Waals surface area (Å²) < 4.78 is 34.0. The van der Waals surface area contributed by atoms with Crippen molar-refractivity contribution in [2.24, 2.45) is 0 Å². The van der Waals surface area contributed by atoms with E-state index in [1.165, 1.54) is 12.1 Å². The number of aromatic nitrogens is 2. The molecule has 0 aliphatic heterocycles. The second-order valence-electron chi connectivity index (χ2n) is 13.2. The quantitative estimate of drug-likeness (QED) is 0.172. The zero-order valence-corrected chi connectivity index (χ0v) is 28.0. The molecule has 4 heteroatoms. The standard InChI is InChI=1S/C48H30F2N2/c49-43-13-5-1-9-37(43)33-21-27-47-41(29-33)39-11-3-7-15-45(39)51(47)35-23-17-31(18-24-35)32-19-25-36(26-20-32)52-46-16-8-4-12-40(46)42-30-34(22-28-48(42)52)38-10-2-6-14-44(38)50/h1-30H. The van der Waals surface area contributed by atoms with Crippen molar-refractivity contribution in [3.8, 4) is 44.8 Å². The molecule has 8 aromatic carbocycles. The van der Waals surface area contributed by atoms with Gasteiger partial charge in [0, 0.05) is 44.0 Å². The first kappa shape index (κ1) is 30.1. The Balaban J connectivity index is 1.01. The number of hydrogen-bond acceptors (Lipinski definition) is 0. The van der Waals surface area contributed by atoms with Gasteiger partial charge >= 0.3 is 0 Å². The minimum Gasteiger partial charge on any atom is -0.309 e. The summed E-state index contributed by atoms with van der Waals surface area (Å²) in [6, 6.07) is 60.4. The van der Waals surface area contributed by atoms with Crippen LogP contribution in [-0.4, -0.2) is 9.13 Å². The van der Waals surface area contributed by atoms with Crippen molar-refractivity contribution in [1.29, 1.82) is 0 Å². The van der Waals surface area contributed by atoms with Crippen LogP contribution >= 0.6 is 0 Å². The summed E-state index contributed by atoms with van der Waals surface area (Å²) in [6.45, 7) is 0. The highest BCUT2D eigenvalue weighted by Gasteiger charge is 2.16. The Morgan fingerprint density at radius 3 is 1.06 bits per heavy atom. The van der Waals surface area contributed by atoms with Gasteiger partial charge in [0.1, 0.15) is 11.6 Å². The second kappa shape index (κ2) is 11.9. The van der Waals surface area contributed by atoms with Crippen LogP contribution in [-0.2, 0) is 0 Å². The van der Waals surface area contributed by atoms with Crippen molar-refractivity contribution < 1.29 is 8.78 Å². The SMILES string of the molecule is Fc1ccccc1-c1ccc2c(c1)c1ccccc1n2-c1ccc(-c2ccc(-n3c4ccccc4c4cc(-c5ccccc5F)ccc43)cc2)cc1. The molecule has 0 saturated carbocycles. The van der Waals surface area contributed by atoms with E-state index in [0.717, 1.165) is 77.2 Å². The van der Waals surface area contributed by atoms with E-state index in [0.29, 0.717) is 11.1 Å². The Morgan fingerprint density at radius 1 is 0.288 bits per heavy atom. The van der Waals surface area contributed by atoms with Crippen molar-refractivity contribution in [3.05, 3.63) is 194 Å². The zero-order chi connectivity index (χ0) is 34.8. The summed E-state index contributed by atoms with van der Waals surface area (Å²) in [4.78, 5) is 0. The fourth-order valence-corrected chi connectivity index (χ4v) is 7.83. The van der Waals surface area contributed by atoms with Gasteiger partial charge in [-0.3, -0.25) is 0 Å². The van der Waals surface area contributed by atoms with Crippen molar-refractivity contribution in [3.63, 3.8) is 0 Å². The largest absolute Gasteiger partial charge is 0.309 e. The van der Waals surface area contributed by atoms with Crippen molar-refractivity contribution >= 4 is 43.6 Å². The van der Waals surface area contributed by atoms with E-state index in [1.54, 1.807) is 12.1 Å². The molecule has 0 aliphatic carbocycles. The van der Waals surface area contributed by atoms with Gasteiger partial charge in [0.15, 0.2) is 0 Å². The molecule has 0 bridgehead atoms. The first-order valence-corrected chi connectivity index (χ1v) is 17.4. The predicted molar refractivity (Wildman–Crippen MR) is 211 cm³/mol. The Morgan fingerprint density at radius 2 is 0.635 bits per heavy atom. The predicted octanol–water partition coefficient (Wildman–Crippen LogP) is 13.2. The molecule has 52 heavy (non-hydrogen) atoms. The number of para-hydroxylation sites is 2. The van der Waals surface area contributed by atoms with E-state index in [2.05, 4.69) is 130 Å². The molecule has 0 saturated heterocycles. The van der Waals surface area contributed by atoms with E-state index in [-0.39, 0.29) is 11.6 Å². The van der Waals surface area contributed by atoms with Gasteiger partial charge in [-0.1, -0.05) is 109 Å².